The first-order valence-electron chi connectivity index (χ1n) is 24.9. The quantitative estimate of drug-likeness (QED) is 0.0427. The van der Waals surface area contributed by atoms with Crippen molar-refractivity contribution in [2.45, 2.75) is 32.4 Å². The van der Waals surface area contributed by atoms with E-state index >= 15 is 0 Å². The second-order valence-electron chi connectivity index (χ2n) is 18.8. The van der Waals surface area contributed by atoms with Crippen molar-refractivity contribution in [3.8, 4) is 45.6 Å². The molecule has 0 aliphatic carbocycles. The van der Waals surface area contributed by atoms with Crippen LogP contribution in [0, 0.1) is 0 Å². The average molecular weight is 1320 g/mol. The molecule has 445 valence electrons. The Balaban J connectivity index is 0.00000803. The van der Waals surface area contributed by atoms with Crippen LogP contribution in [0.15, 0.2) is 153 Å². The van der Waals surface area contributed by atoms with E-state index in [1.165, 1.54) is 78.9 Å². The van der Waals surface area contributed by atoms with Gasteiger partial charge in [-0.2, -0.15) is 16.8 Å². The molecule has 8 bridgehead atoms. The summed E-state index contributed by atoms with van der Waals surface area (Å²) in [6.45, 7) is -1.84. The van der Waals surface area contributed by atoms with Gasteiger partial charge in [-0.15, -0.1) is 0 Å². The van der Waals surface area contributed by atoms with Gasteiger partial charge in [0.2, 0.25) is 20.0 Å². The van der Waals surface area contributed by atoms with E-state index in [0.29, 0.717) is 66.5 Å². The fourth-order valence-electron chi connectivity index (χ4n) is 9.27. The van der Waals surface area contributed by atoms with Gasteiger partial charge in [0, 0.05) is 74.0 Å². The molecule has 9 aromatic rings. The molecule has 0 atom stereocenters. The number of aromatic amines is 2. The van der Waals surface area contributed by atoms with Crippen molar-refractivity contribution in [2.75, 3.05) is 37.8 Å². The summed E-state index contributed by atoms with van der Waals surface area (Å²) >= 11 is 0. The van der Waals surface area contributed by atoms with Crippen LogP contribution in [0.4, 0.5) is 0 Å². The Hall–Kier alpha value is -7.34. The molecule has 0 spiro atoms. The molecule has 11 rings (SSSR count). The number of benzene rings is 6. The fourth-order valence-corrected chi connectivity index (χ4v) is 14.4. The summed E-state index contributed by atoms with van der Waals surface area (Å²) < 4.78 is 181. The van der Waals surface area contributed by atoms with Crippen LogP contribution >= 0.6 is 0 Å². The maximum Gasteiger partial charge on any atom is 0.397 e. The van der Waals surface area contributed by atoms with E-state index in [2.05, 4.69) is 27.8 Å². The number of hydrogen-bond donors (Lipinski definition) is 6. The van der Waals surface area contributed by atoms with Gasteiger partial charge in [-0.1, -0.05) is 72.8 Å². The Morgan fingerprint density at radius 3 is 1.18 bits per heavy atom. The van der Waals surface area contributed by atoms with Crippen molar-refractivity contribution in [3.05, 3.63) is 145 Å². The second-order valence-corrected chi connectivity index (χ2v) is 28.8. The molecule has 0 amide bonds. The van der Waals surface area contributed by atoms with Gasteiger partial charge >= 0.3 is 20.8 Å². The molecular weight excluding hydrogens is 1280 g/mol. The maximum atomic E-state index is 14.0. The summed E-state index contributed by atoms with van der Waals surface area (Å²) in [4.78, 5) is 35.6. The van der Waals surface area contributed by atoms with Gasteiger partial charge in [-0.25, -0.2) is 81.4 Å². The molecule has 0 saturated heterocycles. The molecule has 0 saturated carbocycles. The van der Waals surface area contributed by atoms with E-state index in [-0.39, 0.29) is 96.9 Å². The molecule has 3 aromatic heterocycles. The molecule has 33 heteroatoms. The first kappa shape index (κ1) is 60.8. The van der Waals surface area contributed by atoms with E-state index in [9.17, 15) is 50.5 Å². The van der Waals surface area contributed by atoms with Gasteiger partial charge < -0.3 is 9.97 Å². The largest absolute Gasteiger partial charge is 0.397 e. The molecule has 5 heterocycles. The van der Waals surface area contributed by atoms with Crippen molar-refractivity contribution < 1.29 is 85.0 Å². The summed E-state index contributed by atoms with van der Waals surface area (Å²) in [5, 5.41) is 2.06. The van der Waals surface area contributed by atoms with Crippen molar-refractivity contribution in [2.24, 2.45) is 0 Å². The summed E-state index contributed by atoms with van der Waals surface area (Å²) in [5.41, 5.74) is 4.17. The van der Waals surface area contributed by atoms with Gasteiger partial charge in [0.1, 0.15) is 22.6 Å². The smallest absolute Gasteiger partial charge is 0.324 e. The number of nitrogens with one attached hydrogen (secondary N) is 4. The molecule has 6 aromatic carbocycles. The molecule has 85 heavy (non-hydrogen) atoms. The Bertz CT molecular complexity index is 5060. The number of sulfonamides is 2. The van der Waals surface area contributed by atoms with Crippen LogP contribution in [0.5, 0.6) is 0 Å². The summed E-state index contributed by atoms with van der Waals surface area (Å²) in [5.74, 6) is -0.722. The van der Waals surface area contributed by atoms with Crippen LogP contribution in [0.2, 0.25) is 0 Å². The SMILES string of the molecule is O=S(=O)(O)OCCS(=O)(=O)c1ccc(CCNS(=O)(=O)c2ccc3c(c2)-c2nc-3nc3[nH]c(nc4nc(nc5[nH]c(n2)c2ccc(S(=O)(=O)NCCc6ccc(S(=O)(=O)CCOS(=O)(=O)O)cc6)cc52)-c2ccccc2-4)c2ccccc32)cc1.[Cu]. The summed E-state index contributed by atoms with van der Waals surface area (Å²) in [7, 11) is -26.2. The number of rotatable bonds is 20. The normalized spacial score (nSPS) is 12.9. The molecule has 2 aliphatic rings. The third kappa shape index (κ3) is 13.4. The second kappa shape index (κ2) is 23.5. The number of fused-ring (bicyclic) bond motifs is 20. The zero-order valence-corrected chi connectivity index (χ0v) is 49.2. The molecular formula is C52H44CuN10O16S6. The van der Waals surface area contributed by atoms with Crippen LogP contribution in [0.25, 0.3) is 89.7 Å². The summed E-state index contributed by atoms with van der Waals surface area (Å²) in [6, 6.07) is 34.4. The van der Waals surface area contributed by atoms with Crippen molar-refractivity contribution in [3.63, 3.8) is 0 Å². The zero-order chi connectivity index (χ0) is 59.4. The number of aromatic nitrogens is 8. The van der Waals surface area contributed by atoms with Gasteiger partial charge in [-0.3, -0.25) is 9.11 Å². The number of hydrogen-bond acceptors (Lipinski definition) is 20. The first-order chi connectivity index (χ1) is 39.8. The van der Waals surface area contributed by atoms with Gasteiger partial charge in [-0.05, 0) is 84.6 Å². The minimum Gasteiger partial charge on any atom is -0.324 e. The molecule has 0 fully saturated rings. The standard InChI is InChI=1S/C52H44N10O16S6.Cu/c63-79(64,27-25-77-83(71,72)73)33-13-9-31(10-14-33)21-23-53-81(67,68)35-17-19-41-43(29-35)52-60-49(41)58-47-38-6-2-1-5-37(38)45(56-47)55-46-39-7-3-4-8-40(39)48(57-46)59-51-44-30-36(18-20-42(44)50(61-51)62-52)82(69,70)54-24-22-32-11-15-34(16-12-32)80(65,66)28-26-78-84(74,75)76;/h1-20,29-30,53-54H,21-28H2,(H,71,72,73)(H,74,75,76)(H2,55,56,57,58,59,60,61,62);. The predicted octanol–water partition coefficient (Wildman–Crippen LogP) is 5.09. The van der Waals surface area contributed by atoms with Gasteiger partial charge in [0.25, 0.3) is 0 Å². The third-order valence-corrected chi connectivity index (χ3v) is 20.6. The van der Waals surface area contributed by atoms with Crippen molar-refractivity contribution in [1.29, 1.82) is 0 Å². The van der Waals surface area contributed by atoms with Crippen LogP contribution < -0.4 is 9.44 Å². The fraction of sp³-hybridized carbons (Fsp3) is 0.154. The maximum absolute atomic E-state index is 14.0. The Kier molecular flexibility index (Phi) is 16.8. The minimum absolute atomic E-state index is 0. The molecule has 0 unspecified atom stereocenters. The molecule has 1 radical (unpaired) electrons. The van der Waals surface area contributed by atoms with E-state index in [4.69, 9.17) is 39.0 Å². The summed E-state index contributed by atoms with van der Waals surface area (Å²) in [6.07, 6.45) is 0.265. The van der Waals surface area contributed by atoms with E-state index in [1.807, 2.05) is 48.5 Å². The van der Waals surface area contributed by atoms with Crippen LogP contribution in [0.1, 0.15) is 11.1 Å². The van der Waals surface area contributed by atoms with Gasteiger partial charge in [0.15, 0.2) is 43.0 Å². The van der Waals surface area contributed by atoms with Crippen LogP contribution in [-0.2, 0) is 98.8 Å². The van der Waals surface area contributed by atoms with Gasteiger partial charge in [0.05, 0.1) is 44.3 Å². The molecule has 6 N–H and O–H groups in total. The first-order valence-corrected chi connectivity index (χ1v) is 34.0. The average Bonchev–Trinajstić information content (AvgIpc) is 1.79. The van der Waals surface area contributed by atoms with Crippen LogP contribution in [0.3, 0.4) is 0 Å². The minimum atomic E-state index is -4.84. The number of H-pyrrole nitrogens is 2. The number of sulfone groups is 2. The van der Waals surface area contributed by atoms with Crippen LogP contribution in [-0.4, -0.2) is 137 Å². The third-order valence-electron chi connectivity index (χ3n) is 13.4. The predicted molar refractivity (Wildman–Crippen MR) is 306 cm³/mol. The molecule has 26 nitrogen and oxygen atoms in total. The monoisotopic (exact) mass is 1320 g/mol. The van der Waals surface area contributed by atoms with Crippen molar-refractivity contribution >= 4 is 105 Å². The Morgan fingerprint density at radius 2 is 0.741 bits per heavy atom. The van der Waals surface area contributed by atoms with E-state index in [1.54, 1.807) is 6.07 Å². The van der Waals surface area contributed by atoms with Crippen molar-refractivity contribution in [1.82, 2.24) is 49.3 Å². The number of nitrogens with zero attached hydrogens (tertiary/aromatic N) is 6. The Labute approximate surface area is 495 Å². The molecule has 2 aliphatic heterocycles. The topological polar surface area (TPSA) is 397 Å². The zero-order valence-electron chi connectivity index (χ0n) is 43.4. The Morgan fingerprint density at radius 1 is 0.388 bits per heavy atom. The van der Waals surface area contributed by atoms with E-state index < -0.39 is 85.2 Å². The van der Waals surface area contributed by atoms with E-state index in [0.717, 1.165) is 0 Å².